The molecule has 100 valence electrons. The maximum Gasteiger partial charge on any atom is 0.120 e. The van der Waals surface area contributed by atoms with Gasteiger partial charge >= 0.3 is 0 Å². The number of ether oxygens (including phenoxy) is 1. The van der Waals surface area contributed by atoms with Gasteiger partial charge in [0.05, 0.1) is 5.52 Å². The molecule has 0 bridgehead atoms. The number of nitrogens with zero attached hydrogens (tertiary/aromatic N) is 1. The summed E-state index contributed by atoms with van der Waals surface area (Å²) in [6, 6.07) is 18.1. The Balaban J connectivity index is 1.91. The van der Waals surface area contributed by atoms with Crippen LogP contribution < -0.4 is 4.74 Å². The van der Waals surface area contributed by atoms with Crippen molar-refractivity contribution in [2.75, 3.05) is 0 Å². The summed E-state index contributed by atoms with van der Waals surface area (Å²) in [5, 5.41) is 1.15. The second-order valence-corrected chi connectivity index (χ2v) is 5.60. The quantitative estimate of drug-likeness (QED) is 0.683. The van der Waals surface area contributed by atoms with Crippen molar-refractivity contribution in [2.45, 2.75) is 13.5 Å². The number of hydrogen-bond donors (Lipinski definition) is 0. The van der Waals surface area contributed by atoms with Gasteiger partial charge < -0.3 is 4.74 Å². The summed E-state index contributed by atoms with van der Waals surface area (Å²) in [6.45, 7) is 2.55. The van der Waals surface area contributed by atoms with Gasteiger partial charge in [-0.2, -0.15) is 0 Å². The highest BCUT2D eigenvalue weighted by Gasteiger charge is 2.04. The number of aromatic nitrogens is 1. The van der Waals surface area contributed by atoms with E-state index in [1.165, 1.54) is 0 Å². The summed E-state index contributed by atoms with van der Waals surface area (Å²) in [5.41, 5.74) is 3.19. The SMILES string of the molecule is Cc1cc(COc2cccc(Br)c2)c2ccccc2n1. The van der Waals surface area contributed by atoms with Gasteiger partial charge in [-0.05, 0) is 37.3 Å². The first-order valence-corrected chi connectivity index (χ1v) is 7.25. The Morgan fingerprint density at radius 1 is 1.05 bits per heavy atom. The third kappa shape index (κ3) is 2.83. The average molecular weight is 328 g/mol. The summed E-state index contributed by atoms with van der Waals surface area (Å²) >= 11 is 3.45. The monoisotopic (exact) mass is 327 g/mol. The Morgan fingerprint density at radius 3 is 2.75 bits per heavy atom. The molecule has 3 rings (SSSR count). The fourth-order valence-corrected chi connectivity index (χ4v) is 2.61. The Kier molecular flexibility index (Phi) is 3.70. The van der Waals surface area contributed by atoms with Crippen LogP contribution in [0, 0.1) is 6.92 Å². The van der Waals surface area contributed by atoms with E-state index in [1.54, 1.807) is 0 Å². The predicted molar refractivity (Wildman–Crippen MR) is 85.0 cm³/mol. The van der Waals surface area contributed by atoms with Crippen molar-refractivity contribution < 1.29 is 4.74 Å². The lowest BCUT2D eigenvalue weighted by atomic mass is 10.1. The largest absolute Gasteiger partial charge is 0.489 e. The van der Waals surface area contributed by atoms with Gasteiger partial charge in [-0.15, -0.1) is 0 Å². The molecule has 0 fully saturated rings. The lowest BCUT2D eigenvalue weighted by molar-refractivity contribution is 0.307. The number of pyridine rings is 1. The molecule has 2 nitrogen and oxygen atoms in total. The molecule has 0 spiro atoms. The predicted octanol–water partition coefficient (Wildman–Crippen LogP) is 4.88. The molecule has 20 heavy (non-hydrogen) atoms. The first kappa shape index (κ1) is 13.1. The molecular weight excluding hydrogens is 314 g/mol. The standard InChI is InChI=1S/C17H14BrNO/c1-12-9-13(16-7-2-3-8-17(16)19-12)11-20-15-6-4-5-14(18)10-15/h2-10H,11H2,1H3. The van der Waals surface area contributed by atoms with E-state index in [0.717, 1.165) is 32.4 Å². The second-order valence-electron chi connectivity index (χ2n) is 4.69. The molecule has 0 aliphatic carbocycles. The van der Waals surface area contributed by atoms with Crippen LogP contribution in [0.2, 0.25) is 0 Å². The van der Waals surface area contributed by atoms with E-state index in [9.17, 15) is 0 Å². The molecule has 0 amide bonds. The number of rotatable bonds is 3. The van der Waals surface area contributed by atoms with Crippen molar-refractivity contribution in [1.29, 1.82) is 0 Å². The van der Waals surface area contributed by atoms with Gasteiger partial charge in [-0.1, -0.05) is 40.2 Å². The van der Waals surface area contributed by atoms with E-state index in [4.69, 9.17) is 4.74 Å². The Labute approximate surface area is 126 Å². The van der Waals surface area contributed by atoms with Gasteiger partial charge in [-0.3, -0.25) is 4.98 Å². The van der Waals surface area contributed by atoms with Crippen molar-refractivity contribution >= 4 is 26.8 Å². The molecule has 3 aromatic rings. The van der Waals surface area contributed by atoms with Gasteiger partial charge in [-0.25, -0.2) is 0 Å². The Bertz CT molecular complexity index is 755. The maximum atomic E-state index is 5.88. The summed E-state index contributed by atoms with van der Waals surface area (Å²) in [6.07, 6.45) is 0. The molecule has 3 heteroatoms. The van der Waals surface area contributed by atoms with Crippen LogP contribution in [0.4, 0.5) is 0 Å². The minimum Gasteiger partial charge on any atom is -0.489 e. The third-order valence-corrected chi connectivity index (χ3v) is 3.61. The number of benzene rings is 2. The fourth-order valence-electron chi connectivity index (χ4n) is 2.23. The van der Waals surface area contributed by atoms with E-state index in [-0.39, 0.29) is 0 Å². The molecule has 0 saturated heterocycles. The van der Waals surface area contributed by atoms with Gasteiger partial charge in [0.2, 0.25) is 0 Å². The first-order chi connectivity index (χ1) is 9.72. The molecular formula is C17H14BrNO. The zero-order valence-corrected chi connectivity index (χ0v) is 12.7. The molecule has 1 aromatic heterocycles. The topological polar surface area (TPSA) is 22.1 Å². The highest BCUT2D eigenvalue weighted by molar-refractivity contribution is 9.10. The fraction of sp³-hybridized carbons (Fsp3) is 0.118. The average Bonchev–Trinajstić information content (AvgIpc) is 2.44. The van der Waals surface area contributed by atoms with Gasteiger partial charge in [0.25, 0.3) is 0 Å². The number of aryl methyl sites for hydroxylation is 1. The number of para-hydroxylation sites is 1. The van der Waals surface area contributed by atoms with Crippen molar-refractivity contribution in [1.82, 2.24) is 4.98 Å². The van der Waals surface area contributed by atoms with Crippen LogP contribution in [0.15, 0.2) is 59.1 Å². The van der Waals surface area contributed by atoms with Crippen LogP contribution in [0.3, 0.4) is 0 Å². The molecule has 0 atom stereocenters. The Hall–Kier alpha value is -1.87. The number of hydrogen-bond acceptors (Lipinski definition) is 2. The number of fused-ring (bicyclic) bond motifs is 1. The van der Waals surface area contributed by atoms with Crippen molar-refractivity contribution in [2.24, 2.45) is 0 Å². The lowest BCUT2D eigenvalue weighted by Gasteiger charge is -2.10. The van der Waals surface area contributed by atoms with E-state index in [2.05, 4.69) is 33.0 Å². The summed E-state index contributed by atoms with van der Waals surface area (Å²) in [7, 11) is 0. The third-order valence-electron chi connectivity index (χ3n) is 3.12. The van der Waals surface area contributed by atoms with Crippen LogP contribution in [0.25, 0.3) is 10.9 Å². The van der Waals surface area contributed by atoms with Gasteiger partial charge in [0, 0.05) is 21.1 Å². The summed E-state index contributed by atoms with van der Waals surface area (Å²) in [4.78, 5) is 4.54. The lowest BCUT2D eigenvalue weighted by Crippen LogP contribution is -1.98. The van der Waals surface area contributed by atoms with E-state index in [1.807, 2.05) is 49.4 Å². The van der Waals surface area contributed by atoms with Crippen LogP contribution in [0.1, 0.15) is 11.3 Å². The normalized spacial score (nSPS) is 10.7. The molecule has 0 aliphatic rings. The second kappa shape index (κ2) is 5.63. The van der Waals surface area contributed by atoms with Crippen molar-refractivity contribution in [3.05, 3.63) is 70.3 Å². The minimum absolute atomic E-state index is 0.542. The molecule has 1 heterocycles. The summed E-state index contributed by atoms with van der Waals surface area (Å²) < 4.78 is 6.90. The minimum atomic E-state index is 0.542. The van der Waals surface area contributed by atoms with Crippen LogP contribution >= 0.6 is 15.9 Å². The molecule has 0 unspecified atom stereocenters. The first-order valence-electron chi connectivity index (χ1n) is 6.46. The van der Waals surface area contributed by atoms with Crippen LogP contribution in [0.5, 0.6) is 5.75 Å². The van der Waals surface area contributed by atoms with E-state index < -0.39 is 0 Å². The smallest absolute Gasteiger partial charge is 0.120 e. The van der Waals surface area contributed by atoms with E-state index >= 15 is 0 Å². The van der Waals surface area contributed by atoms with Crippen molar-refractivity contribution in [3.8, 4) is 5.75 Å². The van der Waals surface area contributed by atoms with E-state index in [0.29, 0.717) is 6.61 Å². The molecule has 2 aromatic carbocycles. The van der Waals surface area contributed by atoms with Crippen LogP contribution in [-0.2, 0) is 6.61 Å². The van der Waals surface area contributed by atoms with Gasteiger partial charge in [0.1, 0.15) is 12.4 Å². The highest BCUT2D eigenvalue weighted by atomic mass is 79.9. The number of halogens is 1. The zero-order chi connectivity index (χ0) is 13.9. The zero-order valence-electron chi connectivity index (χ0n) is 11.1. The maximum absolute atomic E-state index is 5.88. The Morgan fingerprint density at radius 2 is 1.90 bits per heavy atom. The molecule has 0 aliphatic heterocycles. The van der Waals surface area contributed by atoms with Gasteiger partial charge in [0.15, 0.2) is 0 Å². The molecule has 0 radical (unpaired) electrons. The molecule has 0 N–H and O–H groups in total. The highest BCUT2D eigenvalue weighted by Crippen LogP contribution is 2.22. The van der Waals surface area contributed by atoms with Crippen LogP contribution in [-0.4, -0.2) is 4.98 Å². The molecule has 0 saturated carbocycles. The summed E-state index contributed by atoms with van der Waals surface area (Å²) in [5.74, 6) is 0.859. The van der Waals surface area contributed by atoms with Crippen molar-refractivity contribution in [3.63, 3.8) is 0 Å².